The first-order valence-corrected chi connectivity index (χ1v) is 5.98. The zero-order valence-corrected chi connectivity index (χ0v) is 11.0. The molecule has 20 heavy (non-hydrogen) atoms. The number of rotatable bonds is 3. The van der Waals surface area contributed by atoms with Crippen molar-refractivity contribution in [1.82, 2.24) is 0 Å². The van der Waals surface area contributed by atoms with Crippen LogP contribution in [0.25, 0.3) is 0 Å². The molecular weight excluding hydrogens is 282 g/mol. The van der Waals surface area contributed by atoms with Gasteiger partial charge in [-0.1, -0.05) is 29.8 Å². The summed E-state index contributed by atoms with van der Waals surface area (Å²) in [5.41, 5.74) is 4.95. The highest BCUT2D eigenvalue weighted by atomic mass is 35.5. The Balaban J connectivity index is 2.28. The van der Waals surface area contributed by atoms with E-state index in [1.54, 1.807) is 30.3 Å². The Morgan fingerprint density at radius 3 is 2.35 bits per heavy atom. The van der Waals surface area contributed by atoms with Crippen molar-refractivity contribution in [2.24, 2.45) is 5.73 Å². The highest BCUT2D eigenvalue weighted by Gasteiger charge is 2.17. The fraction of sp³-hybridized carbons (Fsp3) is 0. The summed E-state index contributed by atoms with van der Waals surface area (Å²) < 4.78 is 9.89. The minimum absolute atomic E-state index is 0.0113. The van der Waals surface area contributed by atoms with Crippen LogP contribution in [0.4, 0.5) is 4.79 Å². The van der Waals surface area contributed by atoms with Gasteiger partial charge < -0.3 is 15.2 Å². The van der Waals surface area contributed by atoms with Gasteiger partial charge in [-0.3, -0.25) is 0 Å². The van der Waals surface area contributed by atoms with Crippen LogP contribution in [0.2, 0.25) is 5.02 Å². The topological polar surface area (TPSA) is 78.6 Å². The van der Waals surface area contributed by atoms with Gasteiger partial charge in [-0.25, -0.2) is 9.59 Å². The number of hydrogen-bond acceptors (Lipinski definition) is 4. The van der Waals surface area contributed by atoms with Gasteiger partial charge >= 0.3 is 12.1 Å². The highest BCUT2D eigenvalue weighted by molar-refractivity contribution is 6.31. The summed E-state index contributed by atoms with van der Waals surface area (Å²) in [5.74, 6) is -0.347. The van der Waals surface area contributed by atoms with Crippen LogP contribution in [0.1, 0.15) is 10.4 Å². The van der Waals surface area contributed by atoms with E-state index in [1.165, 1.54) is 18.2 Å². The van der Waals surface area contributed by atoms with Crippen LogP contribution in [0.5, 0.6) is 11.5 Å². The first-order chi connectivity index (χ1) is 9.56. The van der Waals surface area contributed by atoms with E-state index in [1.807, 2.05) is 0 Å². The Labute approximate surface area is 119 Å². The van der Waals surface area contributed by atoms with Gasteiger partial charge in [0.1, 0.15) is 17.1 Å². The number of nitrogens with two attached hydrogens (primary N) is 1. The van der Waals surface area contributed by atoms with Crippen molar-refractivity contribution >= 4 is 23.7 Å². The van der Waals surface area contributed by atoms with E-state index in [9.17, 15) is 9.59 Å². The predicted octanol–water partition coefficient (Wildman–Crippen LogP) is 3.02. The number of ether oxygens (including phenoxy) is 2. The van der Waals surface area contributed by atoms with Crippen molar-refractivity contribution in [3.05, 3.63) is 59.1 Å². The number of benzene rings is 2. The second-order valence-electron chi connectivity index (χ2n) is 3.76. The van der Waals surface area contributed by atoms with Crippen LogP contribution in [0, 0.1) is 0 Å². The Morgan fingerprint density at radius 2 is 1.70 bits per heavy atom. The third-order valence-electron chi connectivity index (χ3n) is 2.33. The van der Waals surface area contributed by atoms with Gasteiger partial charge in [0.2, 0.25) is 0 Å². The molecule has 6 heteroatoms. The van der Waals surface area contributed by atoms with Crippen molar-refractivity contribution in [2.75, 3.05) is 0 Å². The summed E-state index contributed by atoms with van der Waals surface area (Å²) in [6.45, 7) is 0. The fourth-order valence-corrected chi connectivity index (χ4v) is 1.68. The third-order valence-corrected chi connectivity index (χ3v) is 2.56. The molecule has 0 bridgehead atoms. The van der Waals surface area contributed by atoms with Gasteiger partial charge in [0.15, 0.2) is 0 Å². The van der Waals surface area contributed by atoms with Gasteiger partial charge in [-0.05, 0) is 30.3 Å². The number of hydrogen-bond donors (Lipinski definition) is 1. The van der Waals surface area contributed by atoms with Gasteiger partial charge in [-0.2, -0.15) is 0 Å². The van der Waals surface area contributed by atoms with Crippen molar-refractivity contribution < 1.29 is 19.1 Å². The maximum absolute atomic E-state index is 12.1. The van der Waals surface area contributed by atoms with E-state index in [0.29, 0.717) is 10.8 Å². The van der Waals surface area contributed by atoms with Crippen LogP contribution < -0.4 is 15.2 Å². The second-order valence-corrected chi connectivity index (χ2v) is 4.20. The van der Waals surface area contributed by atoms with Crippen LogP contribution >= 0.6 is 11.6 Å². The number of carbonyl (C=O) groups is 2. The minimum atomic E-state index is -1.03. The zero-order chi connectivity index (χ0) is 14.5. The van der Waals surface area contributed by atoms with E-state index >= 15 is 0 Å². The van der Waals surface area contributed by atoms with Crippen LogP contribution in [0.3, 0.4) is 0 Å². The lowest BCUT2D eigenvalue weighted by Gasteiger charge is -2.09. The zero-order valence-electron chi connectivity index (χ0n) is 10.2. The summed E-state index contributed by atoms with van der Waals surface area (Å²) in [4.78, 5) is 22.9. The maximum Gasteiger partial charge on any atom is 0.409 e. The Kier molecular flexibility index (Phi) is 4.22. The molecule has 0 spiro atoms. The predicted molar refractivity (Wildman–Crippen MR) is 73.1 cm³/mol. The lowest BCUT2D eigenvalue weighted by molar-refractivity contribution is 0.0732. The first-order valence-electron chi connectivity index (χ1n) is 5.60. The van der Waals surface area contributed by atoms with Crippen molar-refractivity contribution in [3.63, 3.8) is 0 Å². The summed E-state index contributed by atoms with van der Waals surface area (Å²) in [6.07, 6.45) is -1.03. The third kappa shape index (κ3) is 3.49. The summed E-state index contributed by atoms with van der Waals surface area (Å²) in [7, 11) is 0. The number of para-hydroxylation sites is 1. The number of esters is 1. The molecule has 2 rings (SSSR count). The molecule has 0 aliphatic heterocycles. The van der Waals surface area contributed by atoms with E-state index in [0.717, 1.165) is 0 Å². The number of primary amides is 1. The van der Waals surface area contributed by atoms with E-state index in [2.05, 4.69) is 0 Å². The van der Waals surface area contributed by atoms with Gasteiger partial charge in [0.25, 0.3) is 0 Å². The van der Waals surface area contributed by atoms with E-state index in [-0.39, 0.29) is 11.3 Å². The van der Waals surface area contributed by atoms with Crippen LogP contribution in [-0.4, -0.2) is 12.1 Å². The Morgan fingerprint density at radius 1 is 1.00 bits per heavy atom. The smallest absolute Gasteiger partial charge is 0.409 e. The van der Waals surface area contributed by atoms with E-state index in [4.69, 9.17) is 26.8 Å². The van der Waals surface area contributed by atoms with Gasteiger partial charge in [-0.15, -0.1) is 0 Å². The highest BCUT2D eigenvalue weighted by Crippen LogP contribution is 2.24. The molecule has 0 aliphatic rings. The average Bonchev–Trinajstić information content (AvgIpc) is 2.41. The van der Waals surface area contributed by atoms with Crippen molar-refractivity contribution in [2.45, 2.75) is 0 Å². The Hall–Kier alpha value is -2.53. The number of amides is 1. The standard InChI is InChI=1S/C14H10ClNO4/c15-9-6-7-12(20-14(16)18)11(8-9)13(17)19-10-4-2-1-3-5-10/h1-8H,(H2,16,18). The molecule has 5 nitrogen and oxygen atoms in total. The SMILES string of the molecule is NC(=O)Oc1ccc(Cl)cc1C(=O)Oc1ccccc1. The lowest BCUT2D eigenvalue weighted by atomic mass is 10.2. The monoisotopic (exact) mass is 291 g/mol. The molecule has 0 saturated carbocycles. The van der Waals surface area contributed by atoms with E-state index < -0.39 is 12.1 Å². The van der Waals surface area contributed by atoms with Crippen molar-refractivity contribution in [3.8, 4) is 11.5 Å². The van der Waals surface area contributed by atoms with Crippen LogP contribution in [0.15, 0.2) is 48.5 Å². The number of carbonyl (C=O) groups excluding carboxylic acids is 2. The molecule has 0 heterocycles. The molecule has 0 unspecified atom stereocenters. The minimum Gasteiger partial charge on any atom is -0.423 e. The molecular formula is C14H10ClNO4. The maximum atomic E-state index is 12.1. The molecule has 0 aromatic heterocycles. The van der Waals surface area contributed by atoms with Crippen LogP contribution in [-0.2, 0) is 0 Å². The average molecular weight is 292 g/mol. The normalized spacial score (nSPS) is 9.85. The summed E-state index contributed by atoms with van der Waals surface area (Å²) >= 11 is 5.82. The molecule has 1 amide bonds. The quantitative estimate of drug-likeness (QED) is 0.696. The summed E-state index contributed by atoms with van der Waals surface area (Å²) in [5, 5.41) is 0.307. The lowest BCUT2D eigenvalue weighted by Crippen LogP contribution is -2.19. The molecule has 102 valence electrons. The molecule has 2 aromatic rings. The molecule has 0 atom stereocenters. The Bertz CT molecular complexity index is 643. The fourth-order valence-electron chi connectivity index (χ4n) is 1.51. The molecule has 0 fully saturated rings. The molecule has 0 radical (unpaired) electrons. The van der Waals surface area contributed by atoms with Gasteiger partial charge in [0.05, 0.1) is 0 Å². The molecule has 2 N–H and O–H groups in total. The molecule has 0 aliphatic carbocycles. The van der Waals surface area contributed by atoms with Crippen molar-refractivity contribution in [1.29, 1.82) is 0 Å². The van der Waals surface area contributed by atoms with Gasteiger partial charge in [0, 0.05) is 5.02 Å². The second kappa shape index (κ2) is 6.08. The summed E-state index contributed by atoms with van der Waals surface area (Å²) in [6, 6.07) is 12.7. The first kappa shape index (κ1) is 13.9. The molecule has 2 aromatic carbocycles. The number of halogens is 1. The molecule has 0 saturated heterocycles. The largest absolute Gasteiger partial charge is 0.423 e.